The standard InChI is InChI=1S/C12H21NO2/c1-5-6-8-9(12(8,2)3)10-11(15-10)14-7-13-4/h5-6,8-11,13H,7H2,1-4H3. The summed E-state index contributed by atoms with van der Waals surface area (Å²) in [6, 6.07) is 0. The Morgan fingerprint density at radius 1 is 1.47 bits per heavy atom. The van der Waals surface area contributed by atoms with Crippen LogP contribution < -0.4 is 5.32 Å². The van der Waals surface area contributed by atoms with E-state index in [1.54, 1.807) is 0 Å². The summed E-state index contributed by atoms with van der Waals surface area (Å²) in [5.41, 5.74) is 0.384. The predicted octanol–water partition coefficient (Wildman–Crippen LogP) is 1.75. The van der Waals surface area contributed by atoms with Gasteiger partial charge in [-0.15, -0.1) is 0 Å². The maximum absolute atomic E-state index is 5.56. The summed E-state index contributed by atoms with van der Waals surface area (Å²) in [5, 5.41) is 2.96. The molecule has 1 saturated heterocycles. The highest BCUT2D eigenvalue weighted by Gasteiger charge is 2.66. The van der Waals surface area contributed by atoms with Crippen LogP contribution in [0.2, 0.25) is 0 Å². The summed E-state index contributed by atoms with van der Waals surface area (Å²) in [7, 11) is 1.88. The van der Waals surface area contributed by atoms with Crippen LogP contribution in [0, 0.1) is 17.3 Å². The molecule has 15 heavy (non-hydrogen) atoms. The molecule has 1 heterocycles. The van der Waals surface area contributed by atoms with Crippen LogP contribution in [0.25, 0.3) is 0 Å². The lowest BCUT2D eigenvalue weighted by Crippen LogP contribution is -2.15. The molecule has 1 saturated carbocycles. The minimum atomic E-state index is 0.0250. The van der Waals surface area contributed by atoms with Crippen LogP contribution >= 0.6 is 0 Å². The summed E-state index contributed by atoms with van der Waals surface area (Å²) < 4.78 is 11.0. The fourth-order valence-electron chi connectivity index (χ4n) is 2.58. The molecule has 2 rings (SSSR count). The minimum Gasteiger partial charge on any atom is -0.341 e. The number of rotatable bonds is 5. The SMILES string of the molecule is CC=CC1C(C2OC2OCNC)C1(C)C. The number of allylic oxidation sites excluding steroid dienone is 2. The van der Waals surface area contributed by atoms with Gasteiger partial charge in [-0.3, -0.25) is 5.32 Å². The first kappa shape index (κ1) is 11.1. The monoisotopic (exact) mass is 211 g/mol. The van der Waals surface area contributed by atoms with Crippen molar-refractivity contribution in [1.82, 2.24) is 5.32 Å². The van der Waals surface area contributed by atoms with Gasteiger partial charge in [0.05, 0.1) is 6.73 Å². The molecule has 0 radical (unpaired) electrons. The molecule has 4 unspecified atom stereocenters. The molecule has 3 nitrogen and oxygen atoms in total. The van der Waals surface area contributed by atoms with Gasteiger partial charge in [0.25, 0.3) is 0 Å². The predicted molar refractivity (Wildman–Crippen MR) is 59.2 cm³/mol. The lowest BCUT2D eigenvalue weighted by Gasteiger charge is -1.99. The van der Waals surface area contributed by atoms with Gasteiger partial charge in [-0.1, -0.05) is 26.0 Å². The highest BCUT2D eigenvalue weighted by atomic mass is 16.8. The molecule has 0 spiro atoms. The summed E-state index contributed by atoms with van der Waals surface area (Å²) in [4.78, 5) is 0. The van der Waals surface area contributed by atoms with Crippen LogP contribution in [0.1, 0.15) is 20.8 Å². The number of epoxide rings is 1. The van der Waals surface area contributed by atoms with Crippen molar-refractivity contribution in [2.75, 3.05) is 13.8 Å². The van der Waals surface area contributed by atoms with Gasteiger partial charge >= 0.3 is 0 Å². The summed E-state index contributed by atoms with van der Waals surface area (Å²) in [6.07, 6.45) is 4.77. The zero-order valence-corrected chi connectivity index (χ0v) is 9.99. The number of hydrogen-bond acceptors (Lipinski definition) is 3. The molecular formula is C12H21NO2. The maximum Gasteiger partial charge on any atom is 0.186 e. The Bertz CT molecular complexity index is 262. The van der Waals surface area contributed by atoms with Crippen LogP contribution in [-0.2, 0) is 9.47 Å². The maximum atomic E-state index is 5.56. The van der Waals surface area contributed by atoms with Crippen molar-refractivity contribution in [2.45, 2.75) is 33.2 Å². The van der Waals surface area contributed by atoms with Crippen LogP contribution in [0.3, 0.4) is 0 Å². The molecule has 0 aromatic rings. The van der Waals surface area contributed by atoms with Gasteiger partial charge in [0.2, 0.25) is 0 Å². The molecule has 1 aliphatic heterocycles. The van der Waals surface area contributed by atoms with Crippen molar-refractivity contribution in [3.63, 3.8) is 0 Å². The van der Waals surface area contributed by atoms with Gasteiger partial charge in [-0.2, -0.15) is 0 Å². The van der Waals surface area contributed by atoms with Gasteiger partial charge in [0, 0.05) is 5.92 Å². The lowest BCUT2D eigenvalue weighted by atomic mass is 10.1. The second kappa shape index (κ2) is 3.89. The molecule has 2 fully saturated rings. The molecule has 1 N–H and O–H groups in total. The number of ether oxygens (including phenoxy) is 2. The minimum absolute atomic E-state index is 0.0250. The van der Waals surface area contributed by atoms with E-state index in [9.17, 15) is 0 Å². The molecule has 2 aliphatic rings. The van der Waals surface area contributed by atoms with Crippen molar-refractivity contribution in [3.8, 4) is 0 Å². The third kappa shape index (κ3) is 1.96. The first-order valence-corrected chi connectivity index (χ1v) is 5.67. The average Bonchev–Trinajstić information content (AvgIpc) is 3.03. The molecule has 0 aromatic heterocycles. The normalized spacial score (nSPS) is 42.1. The third-order valence-corrected chi connectivity index (χ3v) is 3.62. The smallest absolute Gasteiger partial charge is 0.186 e. The third-order valence-electron chi connectivity index (χ3n) is 3.62. The topological polar surface area (TPSA) is 33.8 Å². The Morgan fingerprint density at radius 2 is 2.20 bits per heavy atom. The van der Waals surface area contributed by atoms with Crippen molar-refractivity contribution in [2.24, 2.45) is 17.3 Å². The molecule has 1 aliphatic carbocycles. The number of hydrogen-bond donors (Lipinski definition) is 1. The fourth-order valence-corrected chi connectivity index (χ4v) is 2.58. The van der Waals surface area contributed by atoms with Gasteiger partial charge in [-0.05, 0) is 25.3 Å². The molecular weight excluding hydrogens is 190 g/mol. The highest BCUT2D eigenvalue weighted by molar-refractivity contribution is 5.19. The average molecular weight is 211 g/mol. The highest BCUT2D eigenvalue weighted by Crippen LogP contribution is 2.64. The Balaban J connectivity index is 1.83. The van der Waals surface area contributed by atoms with Crippen LogP contribution in [0.5, 0.6) is 0 Å². The van der Waals surface area contributed by atoms with Gasteiger partial charge in [0.15, 0.2) is 6.29 Å². The second-order valence-corrected chi connectivity index (χ2v) is 5.03. The van der Waals surface area contributed by atoms with Crippen LogP contribution in [-0.4, -0.2) is 26.2 Å². The van der Waals surface area contributed by atoms with Crippen molar-refractivity contribution >= 4 is 0 Å². The first-order chi connectivity index (χ1) is 7.12. The van der Waals surface area contributed by atoms with E-state index in [0.717, 1.165) is 0 Å². The molecule has 3 heteroatoms. The van der Waals surface area contributed by atoms with Crippen molar-refractivity contribution in [3.05, 3.63) is 12.2 Å². The van der Waals surface area contributed by atoms with Crippen LogP contribution in [0.15, 0.2) is 12.2 Å². The largest absolute Gasteiger partial charge is 0.341 e. The van der Waals surface area contributed by atoms with Crippen molar-refractivity contribution in [1.29, 1.82) is 0 Å². The summed E-state index contributed by atoms with van der Waals surface area (Å²) in [6.45, 7) is 7.26. The van der Waals surface area contributed by atoms with E-state index in [4.69, 9.17) is 9.47 Å². The molecule has 0 amide bonds. The lowest BCUT2D eigenvalue weighted by molar-refractivity contribution is 0.0418. The van der Waals surface area contributed by atoms with E-state index in [0.29, 0.717) is 30.1 Å². The second-order valence-electron chi connectivity index (χ2n) is 5.03. The van der Waals surface area contributed by atoms with E-state index in [-0.39, 0.29) is 6.29 Å². The zero-order chi connectivity index (χ0) is 11.1. The van der Waals surface area contributed by atoms with E-state index >= 15 is 0 Å². The quantitative estimate of drug-likeness (QED) is 0.427. The van der Waals surface area contributed by atoms with E-state index in [2.05, 4.69) is 38.2 Å². The molecule has 4 atom stereocenters. The van der Waals surface area contributed by atoms with Gasteiger partial charge in [0.1, 0.15) is 6.10 Å². The molecule has 0 bridgehead atoms. The van der Waals surface area contributed by atoms with E-state index < -0.39 is 0 Å². The Morgan fingerprint density at radius 3 is 2.80 bits per heavy atom. The van der Waals surface area contributed by atoms with Gasteiger partial charge in [-0.25, -0.2) is 0 Å². The Kier molecular flexibility index (Phi) is 2.88. The Labute approximate surface area is 91.8 Å². The number of nitrogens with one attached hydrogen (secondary N) is 1. The molecule has 0 aromatic carbocycles. The Hall–Kier alpha value is -0.380. The van der Waals surface area contributed by atoms with Gasteiger partial charge < -0.3 is 9.47 Å². The summed E-state index contributed by atoms with van der Waals surface area (Å²) in [5.74, 6) is 1.30. The van der Waals surface area contributed by atoms with Crippen LogP contribution in [0.4, 0.5) is 0 Å². The first-order valence-electron chi connectivity index (χ1n) is 5.67. The van der Waals surface area contributed by atoms with Crippen molar-refractivity contribution < 1.29 is 9.47 Å². The van der Waals surface area contributed by atoms with E-state index in [1.165, 1.54) is 0 Å². The van der Waals surface area contributed by atoms with E-state index in [1.807, 2.05) is 7.05 Å². The fraction of sp³-hybridized carbons (Fsp3) is 0.833. The summed E-state index contributed by atoms with van der Waals surface area (Å²) >= 11 is 0. The zero-order valence-electron chi connectivity index (χ0n) is 9.99. The molecule has 86 valence electrons.